The lowest BCUT2D eigenvalue weighted by molar-refractivity contribution is 0.355. The third-order valence-electron chi connectivity index (χ3n) is 5.01. The van der Waals surface area contributed by atoms with Crippen LogP contribution in [0.15, 0.2) is 36.7 Å². The number of imidazole rings is 1. The Morgan fingerprint density at radius 1 is 1.04 bits per heavy atom. The molecule has 2 aromatic heterocycles. The average Bonchev–Trinajstić information content (AvgIpc) is 3.17. The molecule has 1 N–H and O–H groups in total. The van der Waals surface area contributed by atoms with Crippen molar-refractivity contribution in [3.63, 3.8) is 0 Å². The minimum atomic E-state index is 0.475. The second-order valence-electron chi connectivity index (χ2n) is 6.67. The first-order valence-corrected chi connectivity index (χ1v) is 9.11. The number of methoxy groups -OCH3 is 2. The van der Waals surface area contributed by atoms with Gasteiger partial charge >= 0.3 is 0 Å². The zero-order valence-electron chi connectivity index (χ0n) is 15.2. The van der Waals surface area contributed by atoms with Gasteiger partial charge in [-0.1, -0.05) is 19.3 Å². The van der Waals surface area contributed by atoms with E-state index in [-0.39, 0.29) is 0 Å². The molecular formula is C20H24N4O2. The van der Waals surface area contributed by atoms with Crippen LogP contribution in [0.2, 0.25) is 0 Å². The predicted octanol–water partition coefficient (Wildman–Crippen LogP) is 4.16. The standard InChI is InChI=1S/C20H24N4O2/c1-25-17-9-8-14(12-18(17)26-2)16-13-19-21-10-11-24(19)20(23-16)22-15-6-4-3-5-7-15/h8-13,15H,3-7H2,1-2H3,(H,22,23). The fourth-order valence-electron chi connectivity index (χ4n) is 3.60. The van der Waals surface area contributed by atoms with Gasteiger partial charge in [-0.15, -0.1) is 0 Å². The van der Waals surface area contributed by atoms with Crippen LogP contribution in [0.5, 0.6) is 11.5 Å². The van der Waals surface area contributed by atoms with E-state index in [0.717, 1.165) is 22.9 Å². The minimum Gasteiger partial charge on any atom is -0.493 e. The molecule has 0 unspecified atom stereocenters. The Balaban J connectivity index is 1.73. The second kappa shape index (κ2) is 7.23. The molecule has 6 nitrogen and oxygen atoms in total. The number of nitrogens with zero attached hydrogens (tertiary/aromatic N) is 3. The summed E-state index contributed by atoms with van der Waals surface area (Å²) in [4.78, 5) is 9.35. The van der Waals surface area contributed by atoms with Gasteiger partial charge < -0.3 is 14.8 Å². The monoisotopic (exact) mass is 352 g/mol. The Labute approximate surface area is 153 Å². The zero-order valence-corrected chi connectivity index (χ0v) is 15.2. The lowest BCUT2D eigenvalue weighted by Crippen LogP contribution is -2.24. The van der Waals surface area contributed by atoms with Crippen LogP contribution in [0.4, 0.5) is 5.95 Å². The van der Waals surface area contributed by atoms with E-state index >= 15 is 0 Å². The van der Waals surface area contributed by atoms with Crippen LogP contribution >= 0.6 is 0 Å². The van der Waals surface area contributed by atoms with Crippen molar-refractivity contribution in [3.05, 3.63) is 36.7 Å². The highest BCUT2D eigenvalue weighted by Crippen LogP contribution is 2.32. The minimum absolute atomic E-state index is 0.475. The van der Waals surface area contributed by atoms with E-state index in [2.05, 4.69) is 10.3 Å². The number of ether oxygens (including phenoxy) is 2. The van der Waals surface area contributed by atoms with Gasteiger partial charge in [0, 0.05) is 30.1 Å². The Bertz CT molecular complexity index is 900. The van der Waals surface area contributed by atoms with E-state index in [1.807, 2.05) is 34.9 Å². The summed E-state index contributed by atoms with van der Waals surface area (Å²) in [5.74, 6) is 2.24. The van der Waals surface area contributed by atoms with Gasteiger partial charge in [0.05, 0.1) is 19.9 Å². The molecule has 0 radical (unpaired) electrons. The average molecular weight is 352 g/mol. The Morgan fingerprint density at radius 2 is 1.85 bits per heavy atom. The van der Waals surface area contributed by atoms with E-state index in [0.29, 0.717) is 17.5 Å². The van der Waals surface area contributed by atoms with E-state index in [1.54, 1.807) is 20.4 Å². The van der Waals surface area contributed by atoms with Gasteiger partial charge in [-0.25, -0.2) is 9.97 Å². The fraction of sp³-hybridized carbons (Fsp3) is 0.400. The number of hydrogen-bond acceptors (Lipinski definition) is 5. The molecule has 1 aliphatic rings. The SMILES string of the molecule is COc1ccc(-c2cc3nccn3c(NC3CCCCC3)n2)cc1OC. The largest absolute Gasteiger partial charge is 0.493 e. The van der Waals surface area contributed by atoms with Gasteiger partial charge in [0.25, 0.3) is 0 Å². The molecule has 3 aromatic rings. The number of fused-ring (bicyclic) bond motifs is 1. The number of aromatic nitrogens is 3. The summed E-state index contributed by atoms with van der Waals surface area (Å²) in [6.07, 6.45) is 10.0. The van der Waals surface area contributed by atoms with E-state index in [1.165, 1.54) is 32.1 Å². The van der Waals surface area contributed by atoms with Crippen LogP contribution in [-0.2, 0) is 0 Å². The summed E-state index contributed by atoms with van der Waals surface area (Å²) in [5.41, 5.74) is 2.71. The Hall–Kier alpha value is -2.76. The van der Waals surface area contributed by atoms with Gasteiger partial charge in [-0.2, -0.15) is 0 Å². The number of nitrogens with one attached hydrogen (secondary N) is 1. The van der Waals surface area contributed by atoms with Crippen LogP contribution in [0.3, 0.4) is 0 Å². The highest BCUT2D eigenvalue weighted by Gasteiger charge is 2.17. The first-order chi connectivity index (χ1) is 12.8. The van der Waals surface area contributed by atoms with Crippen molar-refractivity contribution in [1.82, 2.24) is 14.4 Å². The first-order valence-electron chi connectivity index (χ1n) is 9.11. The molecule has 4 rings (SSSR count). The highest BCUT2D eigenvalue weighted by atomic mass is 16.5. The molecule has 1 aliphatic carbocycles. The maximum atomic E-state index is 5.43. The first kappa shape index (κ1) is 16.7. The quantitative estimate of drug-likeness (QED) is 0.747. The fourth-order valence-corrected chi connectivity index (χ4v) is 3.60. The molecule has 0 bridgehead atoms. The predicted molar refractivity (Wildman–Crippen MR) is 102 cm³/mol. The molecule has 1 saturated carbocycles. The van der Waals surface area contributed by atoms with Gasteiger partial charge in [-0.3, -0.25) is 4.40 Å². The number of hydrogen-bond donors (Lipinski definition) is 1. The molecular weight excluding hydrogens is 328 g/mol. The van der Waals surface area contributed by atoms with Crippen LogP contribution in [0.25, 0.3) is 16.9 Å². The highest BCUT2D eigenvalue weighted by molar-refractivity contribution is 5.69. The summed E-state index contributed by atoms with van der Waals surface area (Å²) < 4.78 is 12.8. The van der Waals surface area contributed by atoms with Crippen molar-refractivity contribution in [2.45, 2.75) is 38.1 Å². The Kier molecular flexibility index (Phi) is 4.65. The van der Waals surface area contributed by atoms with Gasteiger partial charge in [0.15, 0.2) is 11.5 Å². The Morgan fingerprint density at radius 3 is 2.62 bits per heavy atom. The lowest BCUT2D eigenvalue weighted by Gasteiger charge is -2.24. The van der Waals surface area contributed by atoms with Crippen molar-refractivity contribution in [1.29, 1.82) is 0 Å². The molecule has 2 heterocycles. The normalized spacial score (nSPS) is 15.2. The van der Waals surface area contributed by atoms with Crippen LogP contribution < -0.4 is 14.8 Å². The topological polar surface area (TPSA) is 60.7 Å². The molecule has 26 heavy (non-hydrogen) atoms. The summed E-state index contributed by atoms with van der Waals surface area (Å²) in [7, 11) is 3.28. The third-order valence-corrected chi connectivity index (χ3v) is 5.01. The van der Waals surface area contributed by atoms with Gasteiger partial charge in [0.2, 0.25) is 5.95 Å². The van der Waals surface area contributed by atoms with Crippen LogP contribution in [0.1, 0.15) is 32.1 Å². The summed E-state index contributed by atoms with van der Waals surface area (Å²) >= 11 is 0. The van der Waals surface area contributed by atoms with Gasteiger partial charge in [-0.05, 0) is 31.0 Å². The third kappa shape index (κ3) is 3.19. The molecule has 0 aliphatic heterocycles. The molecule has 0 spiro atoms. The van der Waals surface area contributed by atoms with Crippen LogP contribution in [-0.4, -0.2) is 34.6 Å². The number of anilines is 1. The van der Waals surface area contributed by atoms with Crippen molar-refractivity contribution in [3.8, 4) is 22.8 Å². The molecule has 6 heteroatoms. The second-order valence-corrected chi connectivity index (χ2v) is 6.67. The van der Waals surface area contributed by atoms with Crippen LogP contribution in [0, 0.1) is 0 Å². The van der Waals surface area contributed by atoms with Gasteiger partial charge in [0.1, 0.15) is 5.65 Å². The lowest BCUT2D eigenvalue weighted by atomic mass is 9.96. The molecule has 136 valence electrons. The molecule has 0 saturated heterocycles. The smallest absolute Gasteiger partial charge is 0.209 e. The van der Waals surface area contributed by atoms with E-state index < -0.39 is 0 Å². The number of rotatable bonds is 5. The molecule has 1 fully saturated rings. The van der Waals surface area contributed by atoms with E-state index in [9.17, 15) is 0 Å². The number of benzene rings is 1. The summed E-state index contributed by atoms with van der Waals surface area (Å²) in [6.45, 7) is 0. The molecule has 1 aromatic carbocycles. The zero-order chi connectivity index (χ0) is 17.9. The summed E-state index contributed by atoms with van der Waals surface area (Å²) in [6, 6.07) is 8.31. The van der Waals surface area contributed by atoms with Crippen molar-refractivity contribution < 1.29 is 9.47 Å². The molecule has 0 amide bonds. The maximum Gasteiger partial charge on any atom is 0.209 e. The van der Waals surface area contributed by atoms with Crippen molar-refractivity contribution in [2.75, 3.05) is 19.5 Å². The molecule has 0 atom stereocenters. The van der Waals surface area contributed by atoms with E-state index in [4.69, 9.17) is 14.5 Å². The van der Waals surface area contributed by atoms with Crippen molar-refractivity contribution >= 4 is 11.6 Å². The summed E-state index contributed by atoms with van der Waals surface area (Å²) in [5, 5.41) is 3.63. The van der Waals surface area contributed by atoms with Crippen molar-refractivity contribution in [2.24, 2.45) is 0 Å². The maximum absolute atomic E-state index is 5.43.